The van der Waals surface area contributed by atoms with E-state index < -0.39 is 5.67 Å². The zero-order valence-corrected chi connectivity index (χ0v) is 8.02. The summed E-state index contributed by atoms with van der Waals surface area (Å²) in [6, 6.07) is 0. The lowest BCUT2D eigenvalue weighted by Crippen LogP contribution is -2.39. The third kappa shape index (κ3) is 2.94. The Kier molecular flexibility index (Phi) is 3.27. The van der Waals surface area contributed by atoms with E-state index in [0.29, 0.717) is 12.8 Å². The molecule has 0 N–H and O–H groups in total. The number of piperidine rings is 1. The lowest BCUT2D eigenvalue weighted by Gasteiger charge is -2.33. The van der Waals surface area contributed by atoms with Gasteiger partial charge in [0.1, 0.15) is 5.67 Å². The second-order valence-corrected chi connectivity index (χ2v) is 3.78. The van der Waals surface area contributed by atoms with Crippen molar-refractivity contribution in [2.75, 3.05) is 19.6 Å². The Balaban J connectivity index is 2.26. The first kappa shape index (κ1) is 9.72. The first-order chi connectivity index (χ1) is 5.64. The second-order valence-electron chi connectivity index (χ2n) is 3.78. The van der Waals surface area contributed by atoms with Crippen LogP contribution in [-0.4, -0.2) is 30.2 Å². The van der Waals surface area contributed by atoms with E-state index in [4.69, 9.17) is 0 Å². The van der Waals surface area contributed by atoms with E-state index in [1.54, 1.807) is 6.92 Å². The first-order valence-electron chi connectivity index (χ1n) is 4.66. The van der Waals surface area contributed by atoms with Crippen molar-refractivity contribution < 1.29 is 4.39 Å². The van der Waals surface area contributed by atoms with Gasteiger partial charge in [0.25, 0.3) is 0 Å². The van der Waals surface area contributed by atoms with Gasteiger partial charge in [-0.1, -0.05) is 12.2 Å². The van der Waals surface area contributed by atoms with Gasteiger partial charge in [0, 0.05) is 19.6 Å². The van der Waals surface area contributed by atoms with Gasteiger partial charge >= 0.3 is 0 Å². The average molecular weight is 171 g/mol. The Morgan fingerprint density at radius 3 is 2.50 bits per heavy atom. The molecule has 1 aliphatic heterocycles. The molecule has 0 atom stereocenters. The Morgan fingerprint density at radius 2 is 2.00 bits per heavy atom. The highest BCUT2D eigenvalue weighted by molar-refractivity contribution is 4.87. The smallest absolute Gasteiger partial charge is 0.110 e. The molecule has 1 saturated heterocycles. The van der Waals surface area contributed by atoms with Crippen LogP contribution in [0, 0.1) is 0 Å². The van der Waals surface area contributed by atoms with Gasteiger partial charge in [-0.15, -0.1) is 0 Å². The fourth-order valence-electron chi connectivity index (χ4n) is 1.46. The molecule has 1 nitrogen and oxygen atoms in total. The normalized spacial score (nSPS) is 24.9. The fraction of sp³-hybridized carbons (Fsp3) is 0.800. The monoisotopic (exact) mass is 171 g/mol. The van der Waals surface area contributed by atoms with E-state index in [9.17, 15) is 4.39 Å². The zero-order valence-electron chi connectivity index (χ0n) is 8.02. The number of hydrogen-bond donors (Lipinski definition) is 0. The van der Waals surface area contributed by atoms with E-state index in [-0.39, 0.29) is 0 Å². The maximum atomic E-state index is 13.3. The van der Waals surface area contributed by atoms with Crippen LogP contribution in [-0.2, 0) is 0 Å². The molecule has 0 amide bonds. The molecule has 0 unspecified atom stereocenters. The molecule has 70 valence electrons. The Labute approximate surface area is 74.3 Å². The summed E-state index contributed by atoms with van der Waals surface area (Å²) in [4.78, 5) is 2.29. The van der Waals surface area contributed by atoms with Gasteiger partial charge in [-0.25, -0.2) is 4.39 Å². The summed E-state index contributed by atoms with van der Waals surface area (Å²) in [7, 11) is 0. The van der Waals surface area contributed by atoms with Gasteiger partial charge < -0.3 is 0 Å². The van der Waals surface area contributed by atoms with Crippen molar-refractivity contribution in [3.05, 3.63) is 12.2 Å². The highest BCUT2D eigenvalue weighted by Crippen LogP contribution is 2.25. The topological polar surface area (TPSA) is 3.24 Å². The summed E-state index contributed by atoms with van der Waals surface area (Å²) in [5, 5.41) is 0. The molecule has 0 saturated carbocycles. The van der Waals surface area contributed by atoms with Crippen molar-refractivity contribution in [2.45, 2.75) is 32.4 Å². The number of alkyl halides is 1. The molecule has 0 aliphatic carbocycles. The second kappa shape index (κ2) is 4.04. The molecule has 1 aliphatic rings. The molecule has 0 spiro atoms. The predicted molar refractivity (Wildman–Crippen MR) is 50.0 cm³/mol. The SMILES string of the molecule is C/C=C\CN1CCC(C)(F)CC1. The van der Waals surface area contributed by atoms with Crippen LogP contribution in [0.2, 0.25) is 0 Å². The van der Waals surface area contributed by atoms with Crippen molar-refractivity contribution in [3.63, 3.8) is 0 Å². The molecule has 0 aromatic carbocycles. The summed E-state index contributed by atoms with van der Waals surface area (Å²) in [5.41, 5.74) is -0.910. The van der Waals surface area contributed by atoms with Crippen LogP contribution in [0.4, 0.5) is 4.39 Å². The van der Waals surface area contributed by atoms with E-state index in [1.807, 2.05) is 13.0 Å². The van der Waals surface area contributed by atoms with Gasteiger partial charge in [-0.2, -0.15) is 0 Å². The highest BCUT2D eigenvalue weighted by atomic mass is 19.1. The van der Waals surface area contributed by atoms with Crippen molar-refractivity contribution in [3.8, 4) is 0 Å². The predicted octanol–water partition coefficient (Wildman–Crippen LogP) is 2.39. The third-order valence-corrected chi connectivity index (χ3v) is 2.50. The molecule has 0 aromatic rings. The minimum Gasteiger partial charge on any atom is -0.299 e. The van der Waals surface area contributed by atoms with Crippen LogP contribution in [0.1, 0.15) is 26.7 Å². The third-order valence-electron chi connectivity index (χ3n) is 2.50. The fourth-order valence-corrected chi connectivity index (χ4v) is 1.46. The van der Waals surface area contributed by atoms with E-state index in [1.165, 1.54) is 0 Å². The van der Waals surface area contributed by atoms with Gasteiger partial charge in [-0.3, -0.25) is 4.90 Å². The summed E-state index contributed by atoms with van der Waals surface area (Å²) in [6.07, 6.45) is 5.54. The molecule has 1 rings (SSSR count). The lowest BCUT2D eigenvalue weighted by molar-refractivity contribution is 0.0800. The molecule has 2 heteroatoms. The van der Waals surface area contributed by atoms with Gasteiger partial charge in [0.15, 0.2) is 0 Å². The number of rotatable bonds is 2. The lowest BCUT2D eigenvalue weighted by atomic mass is 9.96. The molecular formula is C10H18FN. The number of allylic oxidation sites excluding steroid dienone is 1. The van der Waals surface area contributed by atoms with E-state index in [0.717, 1.165) is 19.6 Å². The van der Waals surface area contributed by atoms with Crippen LogP contribution in [0.15, 0.2) is 12.2 Å². The summed E-state index contributed by atoms with van der Waals surface area (Å²) in [5.74, 6) is 0. The van der Waals surface area contributed by atoms with Gasteiger partial charge in [0.05, 0.1) is 0 Å². The quantitative estimate of drug-likeness (QED) is 0.577. The Morgan fingerprint density at radius 1 is 1.42 bits per heavy atom. The Bertz CT molecular complexity index is 153. The Hall–Kier alpha value is -0.370. The van der Waals surface area contributed by atoms with Crippen LogP contribution in [0.25, 0.3) is 0 Å². The van der Waals surface area contributed by atoms with Crippen molar-refractivity contribution in [2.24, 2.45) is 0 Å². The largest absolute Gasteiger partial charge is 0.299 e. The van der Waals surface area contributed by atoms with Crippen LogP contribution >= 0.6 is 0 Å². The molecule has 1 fully saturated rings. The number of nitrogens with zero attached hydrogens (tertiary/aromatic N) is 1. The molecule has 0 bridgehead atoms. The van der Waals surface area contributed by atoms with Gasteiger partial charge in [-0.05, 0) is 26.7 Å². The van der Waals surface area contributed by atoms with Crippen LogP contribution < -0.4 is 0 Å². The molecule has 0 aromatic heterocycles. The summed E-state index contributed by atoms with van der Waals surface area (Å²) >= 11 is 0. The number of hydrogen-bond acceptors (Lipinski definition) is 1. The van der Waals surface area contributed by atoms with Crippen molar-refractivity contribution in [1.82, 2.24) is 4.90 Å². The molecular weight excluding hydrogens is 153 g/mol. The minimum atomic E-state index is -0.910. The molecule has 12 heavy (non-hydrogen) atoms. The van der Waals surface area contributed by atoms with Crippen LogP contribution in [0.3, 0.4) is 0 Å². The molecule has 1 heterocycles. The van der Waals surface area contributed by atoms with Crippen LogP contribution in [0.5, 0.6) is 0 Å². The summed E-state index contributed by atoms with van der Waals surface area (Å²) in [6.45, 7) is 6.50. The van der Waals surface area contributed by atoms with Crippen molar-refractivity contribution >= 4 is 0 Å². The number of halogens is 1. The number of likely N-dealkylation sites (tertiary alicyclic amines) is 1. The van der Waals surface area contributed by atoms with Gasteiger partial charge in [0.2, 0.25) is 0 Å². The summed E-state index contributed by atoms with van der Waals surface area (Å²) < 4.78 is 13.3. The van der Waals surface area contributed by atoms with E-state index >= 15 is 0 Å². The average Bonchev–Trinajstić information content (AvgIpc) is 2.03. The minimum absolute atomic E-state index is 0.685. The zero-order chi connectivity index (χ0) is 9.03. The highest BCUT2D eigenvalue weighted by Gasteiger charge is 2.28. The van der Waals surface area contributed by atoms with E-state index in [2.05, 4.69) is 11.0 Å². The maximum absolute atomic E-state index is 13.3. The standard InChI is InChI=1S/C10H18FN/c1-3-4-7-12-8-5-10(2,11)6-9-12/h3-4H,5-9H2,1-2H3/b4-3-. The van der Waals surface area contributed by atoms with Crippen molar-refractivity contribution in [1.29, 1.82) is 0 Å². The molecule has 0 radical (unpaired) electrons. The maximum Gasteiger partial charge on any atom is 0.110 e. The first-order valence-corrected chi connectivity index (χ1v) is 4.66.